The minimum atomic E-state index is -0.0651. The second-order valence-corrected chi connectivity index (χ2v) is 4.71. The lowest BCUT2D eigenvalue weighted by Gasteiger charge is -2.10. The summed E-state index contributed by atoms with van der Waals surface area (Å²) in [6, 6.07) is 5.00. The lowest BCUT2D eigenvalue weighted by Crippen LogP contribution is -2.07. The Morgan fingerprint density at radius 1 is 1.47 bits per heavy atom. The monoisotopic (exact) mass is 254 g/mol. The van der Waals surface area contributed by atoms with Gasteiger partial charge in [0.2, 0.25) is 0 Å². The minimum Gasteiger partial charge on any atom is -0.467 e. The van der Waals surface area contributed by atoms with Crippen molar-refractivity contribution in [2.45, 2.75) is 19.8 Å². The number of halogens is 1. The van der Waals surface area contributed by atoms with Gasteiger partial charge in [0, 0.05) is 5.02 Å². The van der Waals surface area contributed by atoms with Crippen LogP contribution < -0.4 is 4.74 Å². The molecule has 17 heavy (non-hydrogen) atoms. The molecule has 4 heteroatoms. The van der Waals surface area contributed by atoms with Crippen molar-refractivity contribution in [2.24, 2.45) is 5.92 Å². The number of Topliss-reactive ketones (excluding diaryl/α,β-unsaturated/α-hetero) is 1. The molecule has 1 fully saturated rings. The fourth-order valence-corrected chi connectivity index (χ4v) is 1.68. The van der Waals surface area contributed by atoms with Crippen LogP contribution in [-0.2, 0) is 4.74 Å². The van der Waals surface area contributed by atoms with E-state index in [-0.39, 0.29) is 12.6 Å². The van der Waals surface area contributed by atoms with E-state index in [0.717, 1.165) is 6.61 Å². The highest BCUT2D eigenvalue weighted by Gasteiger charge is 2.21. The molecule has 1 saturated carbocycles. The van der Waals surface area contributed by atoms with E-state index in [1.165, 1.54) is 19.8 Å². The molecule has 0 aromatic heterocycles. The predicted molar refractivity (Wildman–Crippen MR) is 65.6 cm³/mol. The highest BCUT2D eigenvalue weighted by Crippen LogP contribution is 2.29. The van der Waals surface area contributed by atoms with Crippen LogP contribution >= 0.6 is 11.6 Å². The van der Waals surface area contributed by atoms with Crippen molar-refractivity contribution in [3.8, 4) is 5.75 Å². The van der Waals surface area contributed by atoms with Gasteiger partial charge in [0.05, 0.1) is 12.2 Å². The molecule has 0 atom stereocenters. The Hall–Kier alpha value is -1.06. The van der Waals surface area contributed by atoms with Crippen LogP contribution in [0.15, 0.2) is 18.2 Å². The summed E-state index contributed by atoms with van der Waals surface area (Å²) in [5.41, 5.74) is 0.493. The number of rotatable bonds is 6. The fourth-order valence-electron chi connectivity index (χ4n) is 1.51. The average Bonchev–Trinajstić information content (AvgIpc) is 3.09. The number of ether oxygens (including phenoxy) is 2. The highest BCUT2D eigenvalue weighted by molar-refractivity contribution is 6.31. The Morgan fingerprint density at radius 3 is 2.88 bits per heavy atom. The molecule has 0 unspecified atom stereocenters. The first-order valence-electron chi connectivity index (χ1n) is 5.68. The van der Waals surface area contributed by atoms with Crippen LogP contribution in [0.25, 0.3) is 0 Å². The maximum absolute atomic E-state index is 11.4. The van der Waals surface area contributed by atoms with Gasteiger partial charge in [-0.3, -0.25) is 4.79 Å². The van der Waals surface area contributed by atoms with E-state index in [0.29, 0.717) is 22.3 Å². The Kier molecular flexibility index (Phi) is 4.02. The molecule has 0 amide bonds. The van der Waals surface area contributed by atoms with Crippen molar-refractivity contribution in [3.05, 3.63) is 28.8 Å². The third-order valence-corrected chi connectivity index (χ3v) is 2.90. The second kappa shape index (κ2) is 5.52. The smallest absolute Gasteiger partial charge is 0.189 e. The predicted octanol–water partition coefficient (Wildman–Crippen LogP) is 3.31. The minimum absolute atomic E-state index is 0.0651. The molecule has 0 radical (unpaired) electrons. The largest absolute Gasteiger partial charge is 0.467 e. The second-order valence-electron chi connectivity index (χ2n) is 4.27. The molecule has 1 aliphatic carbocycles. The molecule has 0 spiro atoms. The summed E-state index contributed by atoms with van der Waals surface area (Å²) in [4.78, 5) is 11.4. The Labute approximate surface area is 106 Å². The molecule has 1 aliphatic rings. The van der Waals surface area contributed by atoms with Crippen LogP contribution in [0.1, 0.15) is 30.1 Å². The van der Waals surface area contributed by atoms with Crippen LogP contribution in [0.3, 0.4) is 0 Å². The van der Waals surface area contributed by atoms with E-state index in [1.807, 2.05) is 0 Å². The quantitative estimate of drug-likeness (QED) is 0.444. The Morgan fingerprint density at radius 2 is 2.24 bits per heavy atom. The van der Waals surface area contributed by atoms with Crippen LogP contribution in [0.2, 0.25) is 5.02 Å². The summed E-state index contributed by atoms with van der Waals surface area (Å²) in [6.45, 7) is 2.41. The van der Waals surface area contributed by atoms with Gasteiger partial charge in [0.15, 0.2) is 12.6 Å². The number of hydrogen-bond acceptors (Lipinski definition) is 3. The van der Waals surface area contributed by atoms with Gasteiger partial charge in [-0.2, -0.15) is 0 Å². The van der Waals surface area contributed by atoms with Crippen LogP contribution in [0.5, 0.6) is 5.75 Å². The average molecular weight is 255 g/mol. The normalized spacial score (nSPS) is 14.7. The fraction of sp³-hybridized carbons (Fsp3) is 0.462. The molecule has 0 N–H and O–H groups in total. The molecule has 0 saturated heterocycles. The summed E-state index contributed by atoms with van der Waals surface area (Å²) < 4.78 is 10.8. The molecular weight excluding hydrogens is 240 g/mol. The van der Waals surface area contributed by atoms with Crippen LogP contribution in [0.4, 0.5) is 0 Å². The van der Waals surface area contributed by atoms with E-state index < -0.39 is 0 Å². The van der Waals surface area contributed by atoms with Gasteiger partial charge in [-0.1, -0.05) is 11.6 Å². The molecular formula is C13H15ClO3. The Bertz CT molecular complexity index is 413. The third kappa shape index (κ3) is 3.72. The number of ketones is 1. The van der Waals surface area contributed by atoms with Gasteiger partial charge in [0.1, 0.15) is 5.75 Å². The zero-order valence-corrected chi connectivity index (χ0v) is 10.5. The number of hydrogen-bond donors (Lipinski definition) is 0. The number of carbonyl (C=O) groups excluding carboxylic acids is 1. The van der Waals surface area contributed by atoms with Crippen molar-refractivity contribution < 1.29 is 14.3 Å². The van der Waals surface area contributed by atoms with Gasteiger partial charge in [-0.15, -0.1) is 0 Å². The summed E-state index contributed by atoms with van der Waals surface area (Å²) >= 11 is 5.83. The zero-order chi connectivity index (χ0) is 12.3. The van der Waals surface area contributed by atoms with E-state index in [4.69, 9.17) is 21.1 Å². The van der Waals surface area contributed by atoms with Crippen molar-refractivity contribution >= 4 is 17.4 Å². The van der Waals surface area contributed by atoms with Crippen LogP contribution in [-0.4, -0.2) is 19.2 Å². The standard InChI is InChI=1S/C13H15ClO3/c1-9(15)12-6-11(14)4-5-13(12)17-8-16-7-10-2-3-10/h4-6,10H,2-3,7-8H2,1H3. The lowest BCUT2D eigenvalue weighted by atomic mass is 10.1. The molecule has 3 nitrogen and oxygen atoms in total. The maximum atomic E-state index is 11.4. The highest BCUT2D eigenvalue weighted by atomic mass is 35.5. The van der Waals surface area contributed by atoms with E-state index in [9.17, 15) is 4.79 Å². The first-order chi connectivity index (χ1) is 8.16. The Balaban J connectivity index is 1.91. The van der Waals surface area contributed by atoms with Gasteiger partial charge < -0.3 is 9.47 Å². The number of benzene rings is 1. The molecule has 0 heterocycles. The van der Waals surface area contributed by atoms with Gasteiger partial charge >= 0.3 is 0 Å². The molecule has 92 valence electrons. The molecule has 0 aliphatic heterocycles. The van der Waals surface area contributed by atoms with Gasteiger partial charge in [-0.25, -0.2) is 0 Å². The third-order valence-electron chi connectivity index (χ3n) is 2.67. The molecule has 1 aromatic carbocycles. The summed E-state index contributed by atoms with van der Waals surface area (Å²) in [7, 11) is 0. The van der Waals surface area contributed by atoms with Crippen molar-refractivity contribution in [1.29, 1.82) is 0 Å². The SMILES string of the molecule is CC(=O)c1cc(Cl)ccc1OCOCC1CC1. The van der Waals surface area contributed by atoms with E-state index >= 15 is 0 Å². The van der Waals surface area contributed by atoms with Crippen LogP contribution in [0, 0.1) is 5.92 Å². The molecule has 2 rings (SSSR count). The first kappa shape index (κ1) is 12.4. The van der Waals surface area contributed by atoms with E-state index in [1.54, 1.807) is 18.2 Å². The van der Waals surface area contributed by atoms with Crippen molar-refractivity contribution in [3.63, 3.8) is 0 Å². The lowest BCUT2D eigenvalue weighted by molar-refractivity contribution is 0.00960. The molecule has 0 bridgehead atoms. The maximum Gasteiger partial charge on any atom is 0.189 e. The zero-order valence-electron chi connectivity index (χ0n) is 9.74. The summed E-state index contributed by atoms with van der Waals surface area (Å²) in [6.07, 6.45) is 2.50. The van der Waals surface area contributed by atoms with E-state index in [2.05, 4.69) is 0 Å². The van der Waals surface area contributed by atoms with Crippen molar-refractivity contribution in [1.82, 2.24) is 0 Å². The van der Waals surface area contributed by atoms with Gasteiger partial charge in [0.25, 0.3) is 0 Å². The van der Waals surface area contributed by atoms with Crippen molar-refractivity contribution in [2.75, 3.05) is 13.4 Å². The number of carbonyl (C=O) groups is 1. The topological polar surface area (TPSA) is 35.5 Å². The first-order valence-corrected chi connectivity index (χ1v) is 6.05. The summed E-state index contributed by atoms with van der Waals surface area (Å²) in [5, 5.41) is 0.529. The van der Waals surface area contributed by atoms with Gasteiger partial charge in [-0.05, 0) is 43.9 Å². The molecule has 1 aromatic rings. The summed E-state index contributed by atoms with van der Waals surface area (Å²) in [5.74, 6) is 1.17.